The van der Waals surface area contributed by atoms with Crippen LogP contribution in [0.1, 0.15) is 44.9 Å². The van der Waals surface area contributed by atoms with Gasteiger partial charge in [-0.3, -0.25) is 9.59 Å². The summed E-state index contributed by atoms with van der Waals surface area (Å²) in [5.74, 6) is -0.647. The lowest BCUT2D eigenvalue weighted by atomic mass is 10.1. The summed E-state index contributed by atoms with van der Waals surface area (Å²) in [5, 5.41) is 5.56. The zero-order valence-corrected chi connectivity index (χ0v) is 15.0. The second kappa shape index (κ2) is 8.80. The topological polar surface area (TPSA) is 84.5 Å². The van der Waals surface area contributed by atoms with Crippen LogP contribution >= 0.6 is 0 Å². The third kappa shape index (κ3) is 5.17. The highest BCUT2D eigenvalue weighted by molar-refractivity contribution is 6.06. The van der Waals surface area contributed by atoms with Gasteiger partial charge in [0, 0.05) is 23.4 Å². The van der Waals surface area contributed by atoms with Crippen LogP contribution in [0.5, 0.6) is 0 Å². The third-order valence-corrected chi connectivity index (χ3v) is 3.62. The Morgan fingerprint density at radius 1 is 0.923 bits per heavy atom. The summed E-state index contributed by atoms with van der Waals surface area (Å²) in [6.07, 6.45) is 0. The van der Waals surface area contributed by atoms with E-state index >= 15 is 0 Å². The Morgan fingerprint density at radius 2 is 1.54 bits per heavy atom. The van der Waals surface area contributed by atoms with E-state index in [1.807, 2.05) is 13.8 Å². The van der Waals surface area contributed by atoms with Gasteiger partial charge in [0.1, 0.15) is 0 Å². The average Bonchev–Trinajstić information content (AvgIpc) is 2.66. The largest absolute Gasteiger partial charge is 0.465 e. The molecular weight excluding hydrogens is 332 g/mol. The quantitative estimate of drug-likeness (QED) is 0.781. The van der Waals surface area contributed by atoms with Crippen molar-refractivity contribution in [3.05, 3.63) is 65.2 Å². The van der Waals surface area contributed by atoms with Gasteiger partial charge in [-0.1, -0.05) is 19.9 Å². The Balaban J connectivity index is 2.06. The average molecular weight is 354 g/mol. The predicted octanol–water partition coefficient (Wildman–Crippen LogP) is 3.11. The van der Waals surface area contributed by atoms with Gasteiger partial charge in [0.15, 0.2) is 0 Å². The molecule has 0 aliphatic heterocycles. The van der Waals surface area contributed by atoms with Crippen LogP contribution in [-0.2, 0) is 4.74 Å². The van der Waals surface area contributed by atoms with Crippen LogP contribution in [0.2, 0.25) is 0 Å². The Hall–Kier alpha value is -3.15. The lowest BCUT2D eigenvalue weighted by molar-refractivity contribution is 0.0600. The second-order valence-corrected chi connectivity index (χ2v) is 6.21. The van der Waals surface area contributed by atoms with Crippen LogP contribution in [0.3, 0.4) is 0 Å². The monoisotopic (exact) mass is 354 g/mol. The molecular formula is C20H22N2O4. The van der Waals surface area contributed by atoms with Crippen molar-refractivity contribution < 1.29 is 19.1 Å². The summed E-state index contributed by atoms with van der Waals surface area (Å²) in [4.78, 5) is 35.9. The van der Waals surface area contributed by atoms with Gasteiger partial charge in [0.2, 0.25) is 0 Å². The molecule has 0 aliphatic carbocycles. The number of esters is 1. The summed E-state index contributed by atoms with van der Waals surface area (Å²) in [6, 6.07) is 12.9. The molecule has 136 valence electrons. The van der Waals surface area contributed by atoms with Gasteiger partial charge in [-0.25, -0.2) is 4.79 Å². The molecule has 0 radical (unpaired) electrons. The van der Waals surface area contributed by atoms with E-state index in [2.05, 4.69) is 15.4 Å². The fourth-order valence-electron chi connectivity index (χ4n) is 2.21. The Morgan fingerprint density at radius 3 is 2.12 bits per heavy atom. The lowest BCUT2D eigenvalue weighted by Gasteiger charge is -2.09. The van der Waals surface area contributed by atoms with E-state index in [0.29, 0.717) is 34.8 Å². The maximum absolute atomic E-state index is 12.4. The molecule has 0 atom stereocenters. The number of ether oxygens (including phenoxy) is 1. The number of nitrogens with one attached hydrogen (secondary N) is 2. The fourth-order valence-corrected chi connectivity index (χ4v) is 2.21. The van der Waals surface area contributed by atoms with Gasteiger partial charge in [-0.2, -0.15) is 0 Å². The highest BCUT2D eigenvalue weighted by Gasteiger charge is 2.12. The van der Waals surface area contributed by atoms with E-state index in [1.165, 1.54) is 7.11 Å². The number of carbonyl (C=O) groups excluding carboxylic acids is 3. The predicted molar refractivity (Wildman–Crippen MR) is 99.3 cm³/mol. The van der Waals surface area contributed by atoms with Crippen LogP contribution in [0.25, 0.3) is 0 Å². The minimum atomic E-state index is -0.442. The van der Waals surface area contributed by atoms with Gasteiger partial charge in [-0.05, 0) is 48.4 Å². The van der Waals surface area contributed by atoms with Crippen LogP contribution in [0, 0.1) is 5.92 Å². The molecule has 2 amide bonds. The Kier molecular flexibility index (Phi) is 6.49. The van der Waals surface area contributed by atoms with E-state index in [4.69, 9.17) is 0 Å². The number of rotatable bonds is 6. The van der Waals surface area contributed by atoms with E-state index in [9.17, 15) is 14.4 Å². The third-order valence-electron chi connectivity index (χ3n) is 3.62. The van der Waals surface area contributed by atoms with E-state index in [0.717, 1.165) is 0 Å². The summed E-state index contributed by atoms with van der Waals surface area (Å²) in [5.41, 5.74) is 1.74. The number of methoxy groups -OCH3 is 1. The van der Waals surface area contributed by atoms with Crippen molar-refractivity contribution in [3.8, 4) is 0 Å². The van der Waals surface area contributed by atoms with Crippen molar-refractivity contribution in [1.82, 2.24) is 5.32 Å². The van der Waals surface area contributed by atoms with Gasteiger partial charge in [-0.15, -0.1) is 0 Å². The molecule has 0 heterocycles. The highest BCUT2D eigenvalue weighted by atomic mass is 16.5. The number of benzene rings is 2. The first-order valence-electron chi connectivity index (χ1n) is 8.28. The zero-order valence-electron chi connectivity index (χ0n) is 15.0. The highest BCUT2D eigenvalue weighted by Crippen LogP contribution is 2.13. The molecule has 6 heteroatoms. The van der Waals surface area contributed by atoms with Gasteiger partial charge < -0.3 is 15.4 Å². The lowest BCUT2D eigenvalue weighted by Crippen LogP contribution is -2.27. The van der Waals surface area contributed by atoms with Crippen LogP contribution < -0.4 is 10.6 Å². The standard InChI is InChI=1S/C20H22N2O4/c1-13(2)12-21-18(23)15-5-4-6-16(11-15)19(24)22-17-9-7-14(8-10-17)20(25)26-3/h4-11,13H,12H2,1-3H3,(H,21,23)(H,22,24). The number of carbonyl (C=O) groups is 3. The Labute approximate surface area is 152 Å². The zero-order chi connectivity index (χ0) is 19.1. The van der Waals surface area contributed by atoms with Crippen molar-refractivity contribution in [2.24, 2.45) is 5.92 Å². The molecule has 2 aromatic rings. The van der Waals surface area contributed by atoms with E-state index in [1.54, 1.807) is 48.5 Å². The second-order valence-electron chi connectivity index (χ2n) is 6.21. The van der Waals surface area contributed by atoms with Gasteiger partial charge >= 0.3 is 5.97 Å². The molecule has 0 aliphatic rings. The molecule has 0 saturated carbocycles. The molecule has 2 rings (SSSR count). The van der Waals surface area contributed by atoms with Crippen LogP contribution in [0.4, 0.5) is 5.69 Å². The van der Waals surface area contributed by atoms with Crippen molar-refractivity contribution in [3.63, 3.8) is 0 Å². The first-order chi connectivity index (χ1) is 12.4. The summed E-state index contributed by atoms with van der Waals surface area (Å²) >= 11 is 0. The van der Waals surface area contributed by atoms with Crippen molar-refractivity contribution in [1.29, 1.82) is 0 Å². The molecule has 6 nitrogen and oxygen atoms in total. The van der Waals surface area contributed by atoms with Crippen LogP contribution in [-0.4, -0.2) is 31.4 Å². The maximum atomic E-state index is 12.4. The molecule has 0 saturated heterocycles. The molecule has 0 fully saturated rings. The Bertz CT molecular complexity index is 798. The number of anilines is 1. The minimum Gasteiger partial charge on any atom is -0.465 e. The molecule has 0 bridgehead atoms. The number of hydrogen-bond acceptors (Lipinski definition) is 4. The van der Waals surface area contributed by atoms with E-state index in [-0.39, 0.29) is 11.8 Å². The SMILES string of the molecule is COC(=O)c1ccc(NC(=O)c2cccc(C(=O)NCC(C)C)c2)cc1. The van der Waals surface area contributed by atoms with Gasteiger partial charge in [0.25, 0.3) is 11.8 Å². The van der Waals surface area contributed by atoms with Crippen molar-refractivity contribution >= 4 is 23.5 Å². The molecule has 0 spiro atoms. The molecule has 0 aromatic heterocycles. The molecule has 0 unspecified atom stereocenters. The number of amides is 2. The minimum absolute atomic E-state index is 0.212. The summed E-state index contributed by atoms with van der Waals surface area (Å²) in [7, 11) is 1.31. The fraction of sp³-hybridized carbons (Fsp3) is 0.250. The van der Waals surface area contributed by atoms with Crippen molar-refractivity contribution in [2.45, 2.75) is 13.8 Å². The van der Waals surface area contributed by atoms with Gasteiger partial charge in [0.05, 0.1) is 12.7 Å². The first-order valence-corrected chi connectivity index (χ1v) is 8.28. The van der Waals surface area contributed by atoms with Crippen molar-refractivity contribution in [2.75, 3.05) is 19.0 Å². The number of hydrogen-bond donors (Lipinski definition) is 2. The molecule has 26 heavy (non-hydrogen) atoms. The summed E-state index contributed by atoms with van der Waals surface area (Å²) in [6.45, 7) is 4.59. The van der Waals surface area contributed by atoms with E-state index < -0.39 is 5.97 Å². The smallest absolute Gasteiger partial charge is 0.337 e. The maximum Gasteiger partial charge on any atom is 0.337 e. The first kappa shape index (κ1) is 19.2. The normalized spacial score (nSPS) is 10.3. The molecule has 2 aromatic carbocycles. The summed E-state index contributed by atoms with van der Waals surface area (Å²) < 4.78 is 4.63. The van der Waals surface area contributed by atoms with Crippen LogP contribution in [0.15, 0.2) is 48.5 Å². The molecule has 2 N–H and O–H groups in total.